The molecule has 31 heavy (non-hydrogen) atoms. The Hall–Kier alpha value is -4.01. The standard InChI is InChI=1S/C22H21FN6O2/c1-13-5-2-3-6-17(13)26-21-15(20(24)31)12-25-22(28-21)27-18-11-14(8-9-16(18)23)29-10-4-7-19(29)30/h2-3,5-6,8-9,11-12H,4,7,10H2,1H3,(H2,24,31)(H2,25,26,27,28). The number of anilines is 5. The first kappa shape index (κ1) is 20.3. The second-order valence-corrected chi connectivity index (χ2v) is 7.20. The lowest BCUT2D eigenvalue weighted by atomic mass is 10.2. The SMILES string of the molecule is Cc1ccccc1Nc1nc(Nc2cc(N3CCCC3=O)ccc2F)ncc1C(N)=O. The van der Waals surface area contributed by atoms with Crippen molar-refractivity contribution in [1.82, 2.24) is 9.97 Å². The molecule has 0 bridgehead atoms. The van der Waals surface area contributed by atoms with Gasteiger partial charge in [-0.3, -0.25) is 9.59 Å². The Kier molecular flexibility index (Phi) is 5.48. The quantitative estimate of drug-likeness (QED) is 0.561. The summed E-state index contributed by atoms with van der Waals surface area (Å²) in [5.41, 5.74) is 7.96. The van der Waals surface area contributed by atoms with Crippen molar-refractivity contribution in [2.24, 2.45) is 5.73 Å². The molecule has 1 aliphatic heterocycles. The zero-order chi connectivity index (χ0) is 22.0. The minimum absolute atomic E-state index is 0.00402. The molecule has 8 nitrogen and oxygen atoms in total. The fourth-order valence-electron chi connectivity index (χ4n) is 3.38. The van der Waals surface area contributed by atoms with Gasteiger partial charge < -0.3 is 21.3 Å². The van der Waals surface area contributed by atoms with Crippen LogP contribution in [-0.4, -0.2) is 28.3 Å². The van der Waals surface area contributed by atoms with Crippen LogP contribution < -0.4 is 21.3 Å². The first-order valence-electron chi connectivity index (χ1n) is 9.79. The molecule has 3 aromatic rings. The molecule has 9 heteroatoms. The molecule has 2 heterocycles. The predicted molar refractivity (Wildman–Crippen MR) is 116 cm³/mol. The van der Waals surface area contributed by atoms with Crippen molar-refractivity contribution in [3.63, 3.8) is 0 Å². The Morgan fingerprint density at radius 3 is 2.68 bits per heavy atom. The molecule has 2 aromatic carbocycles. The first-order valence-corrected chi connectivity index (χ1v) is 9.79. The molecule has 1 aromatic heterocycles. The molecule has 0 aliphatic carbocycles. The van der Waals surface area contributed by atoms with Gasteiger partial charge in [0.2, 0.25) is 11.9 Å². The summed E-state index contributed by atoms with van der Waals surface area (Å²) < 4.78 is 14.4. The van der Waals surface area contributed by atoms with Gasteiger partial charge in [-0.25, -0.2) is 9.37 Å². The lowest BCUT2D eigenvalue weighted by Crippen LogP contribution is -2.23. The van der Waals surface area contributed by atoms with Crippen LogP contribution in [0.4, 0.5) is 33.2 Å². The van der Waals surface area contributed by atoms with E-state index in [4.69, 9.17) is 5.73 Å². The van der Waals surface area contributed by atoms with Crippen molar-refractivity contribution in [2.45, 2.75) is 19.8 Å². The van der Waals surface area contributed by atoms with Gasteiger partial charge >= 0.3 is 0 Å². The van der Waals surface area contributed by atoms with Gasteiger partial charge in [-0.2, -0.15) is 4.98 Å². The highest BCUT2D eigenvalue weighted by molar-refractivity contribution is 5.98. The number of aromatic nitrogens is 2. The number of rotatable bonds is 6. The molecule has 0 unspecified atom stereocenters. The second kappa shape index (κ2) is 8.39. The van der Waals surface area contributed by atoms with Gasteiger partial charge in [0.15, 0.2) is 0 Å². The van der Waals surface area contributed by atoms with Crippen molar-refractivity contribution in [3.05, 3.63) is 65.6 Å². The van der Waals surface area contributed by atoms with E-state index in [2.05, 4.69) is 20.6 Å². The Morgan fingerprint density at radius 2 is 1.97 bits per heavy atom. The summed E-state index contributed by atoms with van der Waals surface area (Å²) in [5.74, 6) is -0.936. The maximum Gasteiger partial charge on any atom is 0.254 e. The largest absolute Gasteiger partial charge is 0.365 e. The third-order valence-electron chi connectivity index (χ3n) is 5.03. The van der Waals surface area contributed by atoms with Gasteiger partial charge in [-0.05, 0) is 43.2 Å². The Labute approximate surface area is 178 Å². The van der Waals surface area contributed by atoms with Crippen LogP contribution in [-0.2, 0) is 4.79 Å². The van der Waals surface area contributed by atoms with Crippen molar-refractivity contribution >= 4 is 40.6 Å². The average molecular weight is 420 g/mol. The molecule has 0 spiro atoms. The van der Waals surface area contributed by atoms with Crippen LogP contribution in [0.2, 0.25) is 0 Å². The highest BCUT2D eigenvalue weighted by Gasteiger charge is 2.22. The minimum Gasteiger partial charge on any atom is -0.365 e. The van der Waals surface area contributed by atoms with Crippen molar-refractivity contribution in [3.8, 4) is 0 Å². The molecule has 158 valence electrons. The highest BCUT2D eigenvalue weighted by Crippen LogP contribution is 2.29. The number of nitrogens with one attached hydrogen (secondary N) is 2. The number of hydrogen-bond donors (Lipinski definition) is 3. The van der Waals surface area contributed by atoms with E-state index >= 15 is 0 Å². The van der Waals surface area contributed by atoms with Gasteiger partial charge in [0, 0.05) is 30.5 Å². The third-order valence-corrected chi connectivity index (χ3v) is 5.03. The molecule has 0 saturated carbocycles. The van der Waals surface area contributed by atoms with Gasteiger partial charge in [0.25, 0.3) is 5.91 Å². The van der Waals surface area contributed by atoms with Crippen LogP contribution >= 0.6 is 0 Å². The third kappa shape index (κ3) is 4.30. The van der Waals surface area contributed by atoms with Crippen LogP contribution in [0.25, 0.3) is 0 Å². The molecule has 1 aliphatic rings. The number of halogens is 1. The van der Waals surface area contributed by atoms with Gasteiger partial charge in [0.1, 0.15) is 17.2 Å². The molecule has 4 rings (SSSR count). The number of carbonyl (C=O) groups is 2. The fraction of sp³-hybridized carbons (Fsp3) is 0.182. The first-order chi connectivity index (χ1) is 14.9. The van der Waals surface area contributed by atoms with E-state index in [1.54, 1.807) is 17.0 Å². The van der Waals surface area contributed by atoms with E-state index in [1.165, 1.54) is 12.3 Å². The Balaban J connectivity index is 1.65. The van der Waals surface area contributed by atoms with Crippen LogP contribution in [0, 0.1) is 12.7 Å². The summed E-state index contributed by atoms with van der Waals surface area (Å²) in [6.45, 7) is 2.51. The normalized spacial score (nSPS) is 13.4. The fourth-order valence-corrected chi connectivity index (χ4v) is 3.38. The van der Waals surface area contributed by atoms with Gasteiger partial charge in [-0.15, -0.1) is 0 Å². The topological polar surface area (TPSA) is 113 Å². The summed E-state index contributed by atoms with van der Waals surface area (Å²) in [5, 5.41) is 5.92. The number of hydrogen-bond acceptors (Lipinski definition) is 6. The lowest BCUT2D eigenvalue weighted by Gasteiger charge is -2.17. The van der Waals surface area contributed by atoms with E-state index in [0.29, 0.717) is 18.7 Å². The molecule has 2 amide bonds. The maximum absolute atomic E-state index is 14.4. The lowest BCUT2D eigenvalue weighted by molar-refractivity contribution is -0.117. The molecule has 1 saturated heterocycles. The number of aryl methyl sites for hydroxylation is 1. The zero-order valence-electron chi connectivity index (χ0n) is 16.9. The smallest absolute Gasteiger partial charge is 0.254 e. The van der Waals surface area contributed by atoms with Crippen molar-refractivity contribution in [1.29, 1.82) is 0 Å². The number of para-hydroxylation sites is 1. The predicted octanol–water partition coefficient (Wildman–Crippen LogP) is 3.64. The van der Waals surface area contributed by atoms with E-state index in [9.17, 15) is 14.0 Å². The zero-order valence-corrected chi connectivity index (χ0v) is 16.9. The van der Waals surface area contributed by atoms with Crippen LogP contribution in [0.3, 0.4) is 0 Å². The summed E-state index contributed by atoms with van der Waals surface area (Å²) in [6, 6.07) is 11.9. The number of nitrogens with zero attached hydrogens (tertiary/aromatic N) is 3. The molecule has 1 fully saturated rings. The highest BCUT2D eigenvalue weighted by atomic mass is 19.1. The summed E-state index contributed by atoms with van der Waals surface area (Å²) >= 11 is 0. The minimum atomic E-state index is -0.691. The summed E-state index contributed by atoms with van der Waals surface area (Å²) in [7, 11) is 0. The summed E-state index contributed by atoms with van der Waals surface area (Å²) in [6.07, 6.45) is 2.53. The van der Waals surface area contributed by atoms with E-state index in [1.807, 2.05) is 31.2 Å². The molecular formula is C22H21FN6O2. The van der Waals surface area contributed by atoms with Crippen LogP contribution in [0.15, 0.2) is 48.7 Å². The Morgan fingerprint density at radius 1 is 1.16 bits per heavy atom. The monoisotopic (exact) mass is 420 g/mol. The van der Waals surface area contributed by atoms with E-state index in [-0.39, 0.29) is 28.9 Å². The van der Waals surface area contributed by atoms with Crippen molar-refractivity contribution in [2.75, 3.05) is 22.1 Å². The second-order valence-electron chi connectivity index (χ2n) is 7.20. The van der Waals surface area contributed by atoms with Crippen LogP contribution in [0.1, 0.15) is 28.8 Å². The van der Waals surface area contributed by atoms with Gasteiger partial charge in [0.05, 0.1) is 5.69 Å². The maximum atomic E-state index is 14.4. The number of primary amides is 1. The molecule has 0 radical (unpaired) electrons. The molecular weight excluding hydrogens is 399 g/mol. The van der Waals surface area contributed by atoms with Crippen LogP contribution in [0.5, 0.6) is 0 Å². The average Bonchev–Trinajstić information content (AvgIpc) is 3.17. The number of amides is 2. The number of carbonyl (C=O) groups excluding carboxylic acids is 2. The van der Waals surface area contributed by atoms with E-state index < -0.39 is 11.7 Å². The Bertz CT molecular complexity index is 1170. The van der Waals surface area contributed by atoms with Crippen molar-refractivity contribution < 1.29 is 14.0 Å². The number of nitrogens with two attached hydrogens (primary N) is 1. The number of benzene rings is 2. The summed E-state index contributed by atoms with van der Waals surface area (Å²) in [4.78, 5) is 33.9. The molecule has 4 N–H and O–H groups in total. The van der Waals surface area contributed by atoms with E-state index in [0.717, 1.165) is 17.7 Å². The van der Waals surface area contributed by atoms with Gasteiger partial charge in [-0.1, -0.05) is 18.2 Å². The molecule has 0 atom stereocenters.